The topological polar surface area (TPSA) is 38.3 Å². The number of benzene rings is 2. The molecule has 0 spiro atoms. The average molecular weight is 337 g/mol. The highest BCUT2D eigenvalue weighted by Gasteiger charge is 2.30. The highest BCUT2D eigenvalue weighted by atomic mass is 19.4. The maximum atomic E-state index is 12.7. The van der Waals surface area contributed by atoms with E-state index in [1.54, 1.807) is 7.11 Å². The summed E-state index contributed by atoms with van der Waals surface area (Å²) in [6.45, 7) is 0.387. The second-order valence-corrected chi connectivity index (χ2v) is 5.29. The number of amides is 1. The Kier molecular flexibility index (Phi) is 5.84. The molecule has 0 bridgehead atoms. The molecule has 0 aromatic heterocycles. The van der Waals surface area contributed by atoms with E-state index in [0.717, 1.165) is 23.4 Å². The Morgan fingerprint density at radius 1 is 1.12 bits per heavy atom. The molecule has 6 heteroatoms. The van der Waals surface area contributed by atoms with Gasteiger partial charge in [0.05, 0.1) is 19.1 Å². The number of carbonyl (C=O) groups excluding carboxylic acids is 1. The van der Waals surface area contributed by atoms with Crippen molar-refractivity contribution in [2.75, 3.05) is 13.7 Å². The molecule has 0 aliphatic carbocycles. The number of carbonyl (C=O) groups is 1. The monoisotopic (exact) mass is 337 g/mol. The first-order chi connectivity index (χ1) is 11.4. The van der Waals surface area contributed by atoms with Crippen molar-refractivity contribution in [2.45, 2.75) is 19.0 Å². The van der Waals surface area contributed by atoms with E-state index in [2.05, 4.69) is 5.32 Å². The Bertz CT molecular complexity index is 699. The molecule has 0 fully saturated rings. The van der Waals surface area contributed by atoms with Crippen molar-refractivity contribution in [3.63, 3.8) is 0 Å². The van der Waals surface area contributed by atoms with Gasteiger partial charge < -0.3 is 10.1 Å². The molecule has 128 valence electrons. The van der Waals surface area contributed by atoms with Crippen molar-refractivity contribution in [3.8, 4) is 5.75 Å². The zero-order valence-corrected chi connectivity index (χ0v) is 13.2. The molecule has 0 saturated carbocycles. The van der Waals surface area contributed by atoms with Gasteiger partial charge in [0, 0.05) is 6.54 Å². The SMILES string of the molecule is COc1ccccc1CCNC(=O)Cc1cccc(C(F)(F)F)c1. The van der Waals surface area contributed by atoms with Crippen LogP contribution in [0.1, 0.15) is 16.7 Å². The van der Waals surface area contributed by atoms with Crippen molar-refractivity contribution >= 4 is 5.91 Å². The van der Waals surface area contributed by atoms with Crippen LogP contribution in [0.2, 0.25) is 0 Å². The largest absolute Gasteiger partial charge is 0.496 e. The quantitative estimate of drug-likeness (QED) is 0.874. The third kappa shape index (κ3) is 5.01. The first kappa shape index (κ1) is 17.8. The second kappa shape index (κ2) is 7.86. The molecule has 2 aromatic carbocycles. The summed E-state index contributed by atoms with van der Waals surface area (Å²) in [6, 6.07) is 12.3. The molecule has 0 heterocycles. The standard InChI is InChI=1S/C18H18F3NO2/c1-24-16-8-3-2-6-14(16)9-10-22-17(23)12-13-5-4-7-15(11-13)18(19,20)21/h2-8,11H,9-10,12H2,1H3,(H,22,23). The normalized spacial score (nSPS) is 11.2. The predicted molar refractivity (Wildman–Crippen MR) is 84.9 cm³/mol. The Morgan fingerprint density at radius 2 is 1.88 bits per heavy atom. The summed E-state index contributed by atoms with van der Waals surface area (Å²) in [5.41, 5.74) is 0.542. The molecular formula is C18H18F3NO2. The van der Waals surface area contributed by atoms with Crippen LogP contribution in [-0.4, -0.2) is 19.6 Å². The van der Waals surface area contributed by atoms with Crippen molar-refractivity contribution in [1.82, 2.24) is 5.32 Å². The van der Waals surface area contributed by atoms with Crippen LogP contribution >= 0.6 is 0 Å². The van der Waals surface area contributed by atoms with Crippen LogP contribution in [0.15, 0.2) is 48.5 Å². The van der Waals surface area contributed by atoms with Gasteiger partial charge >= 0.3 is 6.18 Å². The number of hydrogen-bond donors (Lipinski definition) is 1. The van der Waals surface area contributed by atoms with Crippen LogP contribution in [-0.2, 0) is 23.8 Å². The fourth-order valence-electron chi connectivity index (χ4n) is 2.35. The fraction of sp³-hybridized carbons (Fsp3) is 0.278. The van der Waals surface area contributed by atoms with Gasteiger partial charge in [-0.3, -0.25) is 4.79 Å². The van der Waals surface area contributed by atoms with E-state index < -0.39 is 11.7 Å². The summed E-state index contributed by atoms with van der Waals surface area (Å²) in [4.78, 5) is 11.9. The molecule has 2 aromatic rings. The van der Waals surface area contributed by atoms with Crippen LogP contribution in [0.4, 0.5) is 13.2 Å². The van der Waals surface area contributed by atoms with E-state index in [1.165, 1.54) is 12.1 Å². The van der Waals surface area contributed by atoms with E-state index in [-0.39, 0.29) is 12.3 Å². The highest BCUT2D eigenvalue weighted by Crippen LogP contribution is 2.29. The summed E-state index contributed by atoms with van der Waals surface area (Å²) in [5, 5.41) is 2.71. The molecule has 2 rings (SSSR count). The molecule has 1 N–H and O–H groups in total. The maximum Gasteiger partial charge on any atom is 0.416 e. The zero-order chi connectivity index (χ0) is 17.6. The predicted octanol–water partition coefficient (Wildman–Crippen LogP) is 3.62. The third-order valence-electron chi connectivity index (χ3n) is 3.53. The van der Waals surface area contributed by atoms with Crippen molar-refractivity contribution in [1.29, 1.82) is 0 Å². The molecule has 0 unspecified atom stereocenters. The lowest BCUT2D eigenvalue weighted by molar-refractivity contribution is -0.137. The molecule has 24 heavy (non-hydrogen) atoms. The summed E-state index contributed by atoms with van der Waals surface area (Å²) >= 11 is 0. The van der Waals surface area contributed by atoms with E-state index in [9.17, 15) is 18.0 Å². The van der Waals surface area contributed by atoms with E-state index in [0.29, 0.717) is 18.5 Å². The number of para-hydroxylation sites is 1. The highest BCUT2D eigenvalue weighted by molar-refractivity contribution is 5.78. The van der Waals surface area contributed by atoms with E-state index in [1.807, 2.05) is 24.3 Å². The molecule has 0 aliphatic heterocycles. The van der Waals surface area contributed by atoms with Crippen LogP contribution in [0.3, 0.4) is 0 Å². The summed E-state index contributed by atoms with van der Waals surface area (Å²) in [7, 11) is 1.57. The molecule has 3 nitrogen and oxygen atoms in total. The first-order valence-electron chi connectivity index (χ1n) is 7.45. The lowest BCUT2D eigenvalue weighted by Crippen LogP contribution is -2.27. The Labute approximate surface area is 138 Å². The Morgan fingerprint density at radius 3 is 2.58 bits per heavy atom. The number of nitrogens with one attached hydrogen (secondary N) is 1. The van der Waals surface area contributed by atoms with Gasteiger partial charge in [-0.25, -0.2) is 0 Å². The number of halogens is 3. The molecule has 0 atom stereocenters. The van der Waals surface area contributed by atoms with Crippen LogP contribution < -0.4 is 10.1 Å². The van der Waals surface area contributed by atoms with Crippen molar-refractivity contribution in [3.05, 3.63) is 65.2 Å². The van der Waals surface area contributed by atoms with E-state index >= 15 is 0 Å². The minimum Gasteiger partial charge on any atom is -0.496 e. The van der Waals surface area contributed by atoms with Gasteiger partial charge in [0.1, 0.15) is 5.75 Å². The van der Waals surface area contributed by atoms with Crippen LogP contribution in [0, 0.1) is 0 Å². The van der Waals surface area contributed by atoms with Gasteiger partial charge in [-0.2, -0.15) is 13.2 Å². The summed E-state index contributed by atoms with van der Waals surface area (Å²) < 4.78 is 43.2. The smallest absolute Gasteiger partial charge is 0.416 e. The molecule has 0 aliphatic rings. The average Bonchev–Trinajstić information content (AvgIpc) is 2.55. The van der Waals surface area contributed by atoms with Gasteiger partial charge in [0.15, 0.2) is 0 Å². The maximum absolute atomic E-state index is 12.7. The molecular weight excluding hydrogens is 319 g/mol. The molecule has 0 saturated heterocycles. The van der Waals surface area contributed by atoms with Gasteiger partial charge in [-0.15, -0.1) is 0 Å². The van der Waals surface area contributed by atoms with E-state index in [4.69, 9.17) is 4.74 Å². The summed E-state index contributed by atoms with van der Waals surface area (Å²) in [5.74, 6) is 0.425. The fourth-order valence-corrected chi connectivity index (χ4v) is 2.35. The molecule has 1 amide bonds. The van der Waals surface area contributed by atoms with Crippen LogP contribution in [0.5, 0.6) is 5.75 Å². The van der Waals surface area contributed by atoms with Gasteiger partial charge in [-0.1, -0.05) is 36.4 Å². The number of rotatable bonds is 6. The number of methoxy groups -OCH3 is 1. The minimum absolute atomic E-state index is 0.0875. The Balaban J connectivity index is 1.88. The number of ether oxygens (including phenoxy) is 1. The van der Waals surface area contributed by atoms with Crippen molar-refractivity contribution in [2.24, 2.45) is 0 Å². The summed E-state index contributed by atoms with van der Waals surface area (Å²) in [6.07, 6.45) is -3.91. The van der Waals surface area contributed by atoms with Gasteiger partial charge in [0.2, 0.25) is 5.91 Å². The van der Waals surface area contributed by atoms with Crippen molar-refractivity contribution < 1.29 is 22.7 Å². The minimum atomic E-state index is -4.41. The van der Waals surface area contributed by atoms with Gasteiger partial charge in [-0.05, 0) is 29.7 Å². The lowest BCUT2D eigenvalue weighted by atomic mass is 10.1. The van der Waals surface area contributed by atoms with Crippen LogP contribution in [0.25, 0.3) is 0 Å². The first-order valence-corrected chi connectivity index (χ1v) is 7.45. The number of alkyl halides is 3. The lowest BCUT2D eigenvalue weighted by Gasteiger charge is -2.10. The van der Waals surface area contributed by atoms with Gasteiger partial charge in [0.25, 0.3) is 0 Å². The third-order valence-corrected chi connectivity index (χ3v) is 3.53. The zero-order valence-electron chi connectivity index (χ0n) is 13.2. The Hall–Kier alpha value is -2.50. The molecule has 0 radical (unpaired) electrons. The number of hydrogen-bond acceptors (Lipinski definition) is 2. The second-order valence-electron chi connectivity index (χ2n) is 5.29.